The molecule has 3 aliphatic heterocycles. The molecule has 10 heteroatoms. The number of para-hydroxylation sites is 1. The maximum Gasteiger partial charge on any atom is 0.264 e. The molecule has 0 spiro atoms. The summed E-state index contributed by atoms with van der Waals surface area (Å²) in [5.74, 6) is -0.250. The first kappa shape index (κ1) is 29.2. The van der Waals surface area contributed by atoms with E-state index in [0.29, 0.717) is 25.2 Å². The van der Waals surface area contributed by atoms with E-state index in [1.54, 1.807) is 14.9 Å². The van der Waals surface area contributed by atoms with Crippen LogP contribution >= 0.6 is 0 Å². The minimum Gasteiger partial charge on any atom is -0.349 e. The molecule has 1 amide bonds. The van der Waals surface area contributed by atoms with E-state index in [1.807, 2.05) is 38.1 Å². The Kier molecular flexibility index (Phi) is 8.99. The minimum atomic E-state index is -3.07. The largest absolute Gasteiger partial charge is 0.349 e. The van der Waals surface area contributed by atoms with E-state index < -0.39 is 10.0 Å². The fourth-order valence-electron chi connectivity index (χ4n) is 7.07. The number of fused-ring (bicyclic) bond motifs is 3. The third-order valence-corrected chi connectivity index (χ3v) is 10.4. The van der Waals surface area contributed by atoms with Gasteiger partial charge in [0.2, 0.25) is 10.0 Å². The maximum atomic E-state index is 13.3. The zero-order chi connectivity index (χ0) is 28.4. The number of nitrogens with one attached hydrogen (secondary N) is 1. The van der Waals surface area contributed by atoms with Gasteiger partial charge in [0.15, 0.2) is 0 Å². The van der Waals surface area contributed by atoms with Gasteiger partial charge in [-0.25, -0.2) is 8.42 Å². The van der Waals surface area contributed by atoms with Crippen LogP contribution in [0.3, 0.4) is 0 Å². The highest BCUT2D eigenvalue weighted by molar-refractivity contribution is 7.88. The summed E-state index contributed by atoms with van der Waals surface area (Å²) in [4.78, 5) is 31.7. The summed E-state index contributed by atoms with van der Waals surface area (Å²) in [6, 6.07) is 10.6. The fourth-order valence-corrected chi connectivity index (χ4v) is 7.90. The number of aromatic nitrogens is 1. The van der Waals surface area contributed by atoms with Crippen molar-refractivity contribution in [3.8, 4) is 0 Å². The number of carbonyl (C=O) groups excluding carboxylic acids is 1. The molecule has 1 unspecified atom stereocenters. The Hall–Kier alpha value is -2.27. The van der Waals surface area contributed by atoms with Gasteiger partial charge >= 0.3 is 0 Å². The molecule has 2 bridgehead atoms. The quantitative estimate of drug-likeness (QED) is 0.441. The van der Waals surface area contributed by atoms with E-state index >= 15 is 0 Å². The molecular formula is C30H45N5O4S. The van der Waals surface area contributed by atoms with Crippen molar-refractivity contribution in [1.29, 1.82) is 0 Å². The summed E-state index contributed by atoms with van der Waals surface area (Å²) in [6.45, 7) is 8.93. The second kappa shape index (κ2) is 12.3. The Bertz CT molecular complexity index is 1350. The highest BCUT2D eigenvalue weighted by Crippen LogP contribution is 2.36. The average Bonchev–Trinajstić information content (AvgIpc) is 3.14. The predicted octanol–water partition coefficient (Wildman–Crippen LogP) is 3.06. The monoisotopic (exact) mass is 571 g/mol. The molecule has 1 aromatic carbocycles. The zero-order valence-corrected chi connectivity index (χ0v) is 25.0. The van der Waals surface area contributed by atoms with Gasteiger partial charge in [-0.05, 0) is 83.0 Å². The minimum absolute atomic E-state index is 0.0330. The molecule has 0 aliphatic carbocycles. The Morgan fingerprint density at radius 1 is 0.975 bits per heavy atom. The number of pyridine rings is 1. The van der Waals surface area contributed by atoms with Gasteiger partial charge in [0, 0.05) is 50.3 Å². The van der Waals surface area contributed by atoms with Gasteiger partial charge < -0.3 is 14.8 Å². The smallest absolute Gasteiger partial charge is 0.264 e. The van der Waals surface area contributed by atoms with Crippen LogP contribution < -0.4 is 10.9 Å². The lowest BCUT2D eigenvalue weighted by Gasteiger charge is -2.39. The lowest BCUT2D eigenvalue weighted by Crippen LogP contribution is -2.51. The average molecular weight is 572 g/mol. The lowest BCUT2D eigenvalue weighted by molar-refractivity contribution is 0.0838. The van der Waals surface area contributed by atoms with E-state index in [-0.39, 0.29) is 29.1 Å². The molecular weight excluding hydrogens is 526 g/mol. The Morgan fingerprint density at radius 3 is 2.27 bits per heavy atom. The molecule has 3 atom stereocenters. The van der Waals surface area contributed by atoms with Crippen LogP contribution in [0.15, 0.2) is 35.1 Å². The Morgan fingerprint density at radius 2 is 1.62 bits per heavy atom. The number of amides is 1. The second-order valence-corrected chi connectivity index (χ2v) is 14.2. The standard InChI is InChI=1S/C30H45N5O4S/c1-22(2)35-28-10-6-5-9-23(28)19-27(30(35)37)29(36)31-24-20-25-11-12-26(21-24)34(25)14-8-4-7-13-32-15-17-33(18-16-32)40(3,38)39/h5-6,9-10,19,22,24-26H,4,7-8,11-18,20-21H2,1-3H3,(H,31,36)/t24?,25-,26+. The third-order valence-electron chi connectivity index (χ3n) is 9.12. The number of rotatable bonds is 10. The molecule has 2 aromatic rings. The van der Waals surface area contributed by atoms with Crippen molar-refractivity contribution in [1.82, 2.24) is 24.0 Å². The van der Waals surface area contributed by atoms with Gasteiger partial charge in [0.05, 0.1) is 11.8 Å². The van der Waals surface area contributed by atoms with E-state index in [2.05, 4.69) is 15.1 Å². The number of benzene rings is 1. The van der Waals surface area contributed by atoms with Crippen molar-refractivity contribution < 1.29 is 13.2 Å². The molecule has 1 N–H and O–H groups in total. The van der Waals surface area contributed by atoms with E-state index in [9.17, 15) is 18.0 Å². The van der Waals surface area contributed by atoms with Crippen molar-refractivity contribution in [2.24, 2.45) is 0 Å². The second-order valence-electron chi connectivity index (χ2n) is 12.2. The van der Waals surface area contributed by atoms with Crippen LogP contribution in [0.25, 0.3) is 10.9 Å². The predicted molar refractivity (Wildman–Crippen MR) is 159 cm³/mol. The number of unbranched alkanes of at least 4 members (excludes halogenated alkanes) is 2. The zero-order valence-electron chi connectivity index (χ0n) is 24.2. The van der Waals surface area contributed by atoms with Crippen molar-refractivity contribution in [2.45, 2.75) is 83.0 Å². The van der Waals surface area contributed by atoms with E-state index in [0.717, 1.165) is 56.3 Å². The summed E-state index contributed by atoms with van der Waals surface area (Å²) < 4.78 is 26.7. The van der Waals surface area contributed by atoms with Crippen molar-refractivity contribution in [3.63, 3.8) is 0 Å². The number of piperidine rings is 1. The molecule has 9 nitrogen and oxygen atoms in total. The van der Waals surface area contributed by atoms with Gasteiger partial charge in [0.25, 0.3) is 11.5 Å². The topological polar surface area (TPSA) is 95.0 Å². The fraction of sp³-hybridized carbons (Fsp3) is 0.667. The van der Waals surface area contributed by atoms with Crippen LogP contribution in [0.1, 0.15) is 75.2 Å². The van der Waals surface area contributed by atoms with Gasteiger partial charge in [-0.3, -0.25) is 14.5 Å². The number of sulfonamides is 1. The van der Waals surface area contributed by atoms with Gasteiger partial charge in [-0.15, -0.1) is 0 Å². The molecule has 3 saturated heterocycles. The molecule has 3 aliphatic rings. The van der Waals surface area contributed by atoms with Gasteiger partial charge in [-0.1, -0.05) is 24.6 Å². The molecule has 3 fully saturated rings. The number of piperazine rings is 1. The van der Waals surface area contributed by atoms with Gasteiger partial charge in [-0.2, -0.15) is 4.31 Å². The summed E-state index contributed by atoms with van der Waals surface area (Å²) in [6.07, 6.45) is 9.01. The summed E-state index contributed by atoms with van der Waals surface area (Å²) in [7, 11) is -3.07. The first-order valence-corrected chi connectivity index (χ1v) is 16.8. The SMILES string of the molecule is CC(C)n1c(=O)c(C(=O)NC2C[C@H]3CC[C@@H](C2)N3CCCCCN2CCN(S(C)(=O)=O)CC2)cc2ccccc21. The molecule has 1 aromatic heterocycles. The first-order chi connectivity index (χ1) is 19.1. The Balaban J connectivity index is 1.09. The van der Waals surface area contributed by atoms with Crippen LogP contribution in [0.4, 0.5) is 0 Å². The van der Waals surface area contributed by atoms with Crippen molar-refractivity contribution >= 4 is 26.8 Å². The van der Waals surface area contributed by atoms with Crippen LogP contribution in [0.5, 0.6) is 0 Å². The van der Waals surface area contributed by atoms with Crippen molar-refractivity contribution in [3.05, 3.63) is 46.2 Å². The summed E-state index contributed by atoms with van der Waals surface area (Å²) in [5, 5.41) is 4.14. The molecule has 40 heavy (non-hydrogen) atoms. The van der Waals surface area contributed by atoms with E-state index in [1.165, 1.54) is 31.9 Å². The number of nitrogens with zero attached hydrogens (tertiary/aromatic N) is 4. The van der Waals surface area contributed by atoms with Gasteiger partial charge in [0.1, 0.15) is 5.56 Å². The molecule has 0 saturated carbocycles. The molecule has 0 radical (unpaired) electrons. The van der Waals surface area contributed by atoms with Crippen LogP contribution in [-0.2, 0) is 10.0 Å². The normalized spacial score (nSPS) is 24.6. The maximum absolute atomic E-state index is 13.3. The molecule has 4 heterocycles. The summed E-state index contributed by atoms with van der Waals surface area (Å²) >= 11 is 0. The highest BCUT2D eigenvalue weighted by atomic mass is 32.2. The number of hydrogen-bond donors (Lipinski definition) is 1. The highest BCUT2D eigenvalue weighted by Gasteiger charge is 2.40. The Labute approximate surface area is 238 Å². The first-order valence-electron chi connectivity index (χ1n) is 15.0. The molecule has 5 rings (SSSR count). The van der Waals surface area contributed by atoms with Crippen LogP contribution in [-0.4, -0.2) is 96.6 Å². The molecule has 220 valence electrons. The lowest BCUT2D eigenvalue weighted by atomic mass is 9.96. The third kappa shape index (κ3) is 6.45. The summed E-state index contributed by atoms with van der Waals surface area (Å²) in [5.41, 5.74) is 0.878. The van der Waals surface area contributed by atoms with E-state index in [4.69, 9.17) is 0 Å². The van der Waals surface area contributed by atoms with Crippen LogP contribution in [0.2, 0.25) is 0 Å². The van der Waals surface area contributed by atoms with Crippen molar-refractivity contribution in [2.75, 3.05) is 45.5 Å². The number of hydrogen-bond acceptors (Lipinski definition) is 6. The number of carbonyl (C=O) groups is 1. The van der Waals surface area contributed by atoms with Crippen LogP contribution in [0, 0.1) is 0 Å².